The van der Waals surface area contributed by atoms with Crippen LogP contribution in [0, 0.1) is 0 Å². The Bertz CT molecular complexity index is 879. The highest BCUT2D eigenvalue weighted by atomic mass is 16.3. The van der Waals surface area contributed by atoms with Crippen LogP contribution >= 0.6 is 0 Å². The lowest BCUT2D eigenvalue weighted by Gasteiger charge is -2.37. The van der Waals surface area contributed by atoms with Crippen molar-refractivity contribution in [3.05, 3.63) is 54.4 Å². The van der Waals surface area contributed by atoms with E-state index in [1.165, 1.54) is 0 Å². The van der Waals surface area contributed by atoms with Crippen LogP contribution in [0.1, 0.15) is 31.2 Å². The molecule has 8 heteroatoms. The van der Waals surface area contributed by atoms with Gasteiger partial charge >= 0.3 is 0 Å². The zero-order chi connectivity index (χ0) is 21.7. The molecule has 2 aliphatic rings. The zero-order valence-corrected chi connectivity index (χ0v) is 17.6. The fourth-order valence-corrected chi connectivity index (χ4v) is 4.67. The highest BCUT2D eigenvalue weighted by molar-refractivity contribution is 5.93. The van der Waals surface area contributed by atoms with E-state index in [2.05, 4.69) is 15.3 Å². The van der Waals surface area contributed by atoms with Crippen LogP contribution in [0.4, 0.5) is 5.95 Å². The average molecular weight is 424 g/mol. The topological polar surface area (TPSA) is 98.7 Å². The Kier molecular flexibility index (Phi) is 6.46. The number of carbonyl (C=O) groups excluding carboxylic acids is 2. The number of rotatable bonds is 6. The molecule has 2 heterocycles. The average Bonchev–Trinajstić information content (AvgIpc) is 3.35. The summed E-state index contributed by atoms with van der Waals surface area (Å²) in [5.41, 5.74) is 0.351. The summed E-state index contributed by atoms with van der Waals surface area (Å²) in [6, 6.07) is 10.6. The number of anilines is 1. The predicted molar refractivity (Wildman–Crippen MR) is 116 cm³/mol. The fraction of sp³-hybridized carbons (Fsp3) is 0.478. The van der Waals surface area contributed by atoms with Crippen LogP contribution in [0.2, 0.25) is 0 Å². The van der Waals surface area contributed by atoms with Crippen LogP contribution in [-0.2, 0) is 15.0 Å². The molecule has 1 aliphatic heterocycles. The third-order valence-electron chi connectivity index (χ3n) is 6.43. The van der Waals surface area contributed by atoms with Crippen molar-refractivity contribution < 1.29 is 14.7 Å². The molecule has 1 aromatic heterocycles. The number of hydrogen-bond acceptors (Lipinski definition) is 6. The second-order valence-corrected chi connectivity index (χ2v) is 8.22. The molecule has 164 valence electrons. The van der Waals surface area contributed by atoms with Gasteiger partial charge in [0.05, 0.1) is 12.0 Å². The number of piperazine rings is 1. The van der Waals surface area contributed by atoms with Gasteiger partial charge in [-0.15, -0.1) is 0 Å². The van der Waals surface area contributed by atoms with E-state index in [-0.39, 0.29) is 11.8 Å². The Labute approximate surface area is 182 Å². The van der Waals surface area contributed by atoms with E-state index >= 15 is 0 Å². The largest absolute Gasteiger partial charge is 0.394 e. The summed E-state index contributed by atoms with van der Waals surface area (Å²) in [6.07, 6.45) is 6.86. The van der Waals surface area contributed by atoms with E-state index in [4.69, 9.17) is 0 Å². The van der Waals surface area contributed by atoms with Gasteiger partial charge in [0, 0.05) is 38.6 Å². The molecular weight excluding hydrogens is 394 g/mol. The van der Waals surface area contributed by atoms with Crippen LogP contribution in [0.5, 0.6) is 0 Å². The molecule has 1 saturated carbocycles. The summed E-state index contributed by atoms with van der Waals surface area (Å²) in [7, 11) is 0. The minimum absolute atomic E-state index is 0.167. The van der Waals surface area contributed by atoms with Crippen molar-refractivity contribution >= 4 is 17.8 Å². The first kappa shape index (κ1) is 21.2. The third-order valence-corrected chi connectivity index (χ3v) is 6.43. The number of aliphatic hydroxyl groups is 1. The Morgan fingerprint density at radius 2 is 1.65 bits per heavy atom. The second-order valence-electron chi connectivity index (χ2n) is 8.22. The van der Waals surface area contributed by atoms with E-state index in [0.29, 0.717) is 32.1 Å². The van der Waals surface area contributed by atoms with Gasteiger partial charge in [-0.25, -0.2) is 9.97 Å². The summed E-state index contributed by atoms with van der Waals surface area (Å²) in [5.74, 6) is 0.234. The van der Waals surface area contributed by atoms with Gasteiger partial charge in [-0.3, -0.25) is 9.59 Å². The van der Waals surface area contributed by atoms with Crippen molar-refractivity contribution in [1.82, 2.24) is 20.2 Å². The standard InChI is InChI=1S/C23H29N5O3/c29-17-19(20(30)27-13-15-28(16-14-27)22-24-11-6-12-25-22)26-21(31)23(9-4-5-10-23)18-7-2-1-3-8-18/h1-3,6-8,11-12,19,29H,4-5,9-10,13-17H2,(H,26,31). The van der Waals surface area contributed by atoms with E-state index in [0.717, 1.165) is 31.2 Å². The number of aliphatic hydroxyl groups excluding tert-OH is 1. The van der Waals surface area contributed by atoms with Gasteiger partial charge in [-0.05, 0) is 24.5 Å². The first-order chi connectivity index (χ1) is 15.1. The highest BCUT2D eigenvalue weighted by Crippen LogP contribution is 2.41. The van der Waals surface area contributed by atoms with Crippen molar-refractivity contribution in [2.45, 2.75) is 37.1 Å². The number of nitrogens with zero attached hydrogens (tertiary/aromatic N) is 4. The predicted octanol–water partition coefficient (Wildman–Crippen LogP) is 1.11. The normalized spacial score (nSPS) is 19.1. The SMILES string of the molecule is O=C(C(CO)NC(=O)C1(c2ccccc2)CCCC1)N1CCN(c2ncccn2)CC1. The van der Waals surface area contributed by atoms with Crippen molar-refractivity contribution in [2.75, 3.05) is 37.7 Å². The van der Waals surface area contributed by atoms with E-state index in [1.54, 1.807) is 23.4 Å². The fourth-order valence-electron chi connectivity index (χ4n) is 4.67. The maximum atomic E-state index is 13.3. The van der Waals surface area contributed by atoms with Crippen LogP contribution in [0.25, 0.3) is 0 Å². The molecule has 0 spiro atoms. The third kappa shape index (κ3) is 4.39. The van der Waals surface area contributed by atoms with E-state index in [9.17, 15) is 14.7 Å². The highest BCUT2D eigenvalue weighted by Gasteiger charge is 2.44. The van der Waals surface area contributed by atoms with E-state index < -0.39 is 18.1 Å². The van der Waals surface area contributed by atoms with Crippen LogP contribution < -0.4 is 10.2 Å². The van der Waals surface area contributed by atoms with Crippen LogP contribution in [-0.4, -0.2) is 70.6 Å². The Morgan fingerprint density at radius 1 is 1.00 bits per heavy atom. The number of nitrogens with one attached hydrogen (secondary N) is 1. The summed E-state index contributed by atoms with van der Waals surface area (Å²) in [5, 5.41) is 12.8. The smallest absolute Gasteiger partial charge is 0.247 e. The van der Waals surface area contributed by atoms with Crippen molar-refractivity contribution in [3.8, 4) is 0 Å². The maximum Gasteiger partial charge on any atom is 0.247 e. The quantitative estimate of drug-likeness (QED) is 0.722. The molecular formula is C23H29N5O3. The molecule has 2 amide bonds. The molecule has 2 fully saturated rings. The Morgan fingerprint density at radius 3 is 2.26 bits per heavy atom. The molecule has 0 bridgehead atoms. The van der Waals surface area contributed by atoms with Crippen molar-refractivity contribution in [3.63, 3.8) is 0 Å². The lowest BCUT2D eigenvalue weighted by Crippen LogP contribution is -2.58. The van der Waals surface area contributed by atoms with Gasteiger partial charge in [0.1, 0.15) is 6.04 Å². The van der Waals surface area contributed by atoms with Gasteiger partial charge in [-0.1, -0.05) is 43.2 Å². The molecule has 1 saturated heterocycles. The molecule has 2 N–H and O–H groups in total. The Hall–Kier alpha value is -3.00. The lowest BCUT2D eigenvalue weighted by atomic mass is 9.78. The van der Waals surface area contributed by atoms with Gasteiger partial charge < -0.3 is 20.2 Å². The van der Waals surface area contributed by atoms with Gasteiger partial charge in [0.2, 0.25) is 17.8 Å². The monoisotopic (exact) mass is 423 g/mol. The molecule has 1 unspecified atom stereocenters. The number of carbonyl (C=O) groups is 2. The summed E-state index contributed by atoms with van der Waals surface area (Å²) < 4.78 is 0. The molecule has 1 aliphatic carbocycles. The molecule has 8 nitrogen and oxygen atoms in total. The molecule has 1 aromatic carbocycles. The van der Waals surface area contributed by atoms with E-state index in [1.807, 2.05) is 35.2 Å². The van der Waals surface area contributed by atoms with Crippen molar-refractivity contribution in [2.24, 2.45) is 0 Å². The summed E-state index contributed by atoms with van der Waals surface area (Å²) >= 11 is 0. The summed E-state index contributed by atoms with van der Waals surface area (Å²) in [4.78, 5) is 38.7. The van der Waals surface area contributed by atoms with Gasteiger partial charge in [0.15, 0.2) is 0 Å². The number of hydrogen-bond donors (Lipinski definition) is 2. The number of aromatic nitrogens is 2. The first-order valence-electron chi connectivity index (χ1n) is 10.9. The molecule has 2 aromatic rings. The zero-order valence-electron chi connectivity index (χ0n) is 17.6. The van der Waals surface area contributed by atoms with Gasteiger partial charge in [0.25, 0.3) is 0 Å². The Balaban J connectivity index is 1.40. The summed E-state index contributed by atoms with van der Waals surface area (Å²) in [6.45, 7) is 1.78. The molecule has 1 atom stereocenters. The first-order valence-corrected chi connectivity index (χ1v) is 10.9. The lowest BCUT2D eigenvalue weighted by molar-refractivity contribution is -0.139. The molecule has 4 rings (SSSR count). The number of benzene rings is 1. The number of amides is 2. The maximum absolute atomic E-state index is 13.3. The van der Waals surface area contributed by atoms with Gasteiger partial charge in [-0.2, -0.15) is 0 Å². The van der Waals surface area contributed by atoms with Crippen molar-refractivity contribution in [1.29, 1.82) is 0 Å². The minimum atomic E-state index is -0.937. The minimum Gasteiger partial charge on any atom is -0.394 e. The molecule has 31 heavy (non-hydrogen) atoms. The molecule has 0 radical (unpaired) electrons. The second kappa shape index (κ2) is 9.43. The van der Waals surface area contributed by atoms with Crippen LogP contribution in [0.15, 0.2) is 48.8 Å². The van der Waals surface area contributed by atoms with Crippen LogP contribution in [0.3, 0.4) is 0 Å².